The Hall–Kier alpha value is -3.89. The van der Waals surface area contributed by atoms with Crippen LogP contribution in [-0.2, 0) is 27.6 Å². The Morgan fingerprint density at radius 1 is 1.23 bits per heavy atom. The SMILES string of the molecule is CCCOCCC#Cc1cccc(-c2nn(-c3nc(C(=O)O)cs3)c(CC3CC3)c2Cc2ccc(S(N)(=O)=O)c(F)c2)c1. The lowest BCUT2D eigenvalue weighted by Crippen LogP contribution is -2.14. The van der Waals surface area contributed by atoms with E-state index in [4.69, 9.17) is 15.0 Å². The Bertz CT molecular complexity index is 1820. The van der Waals surface area contributed by atoms with Gasteiger partial charge in [-0.05, 0) is 61.4 Å². The number of carboxylic acids is 1. The van der Waals surface area contributed by atoms with Crippen LogP contribution in [0.5, 0.6) is 0 Å². The van der Waals surface area contributed by atoms with Crippen molar-refractivity contribution in [2.45, 2.75) is 50.3 Å². The van der Waals surface area contributed by atoms with Crippen LogP contribution >= 0.6 is 11.3 Å². The van der Waals surface area contributed by atoms with Crippen molar-refractivity contribution in [3.8, 4) is 28.2 Å². The van der Waals surface area contributed by atoms with E-state index < -0.39 is 26.7 Å². The molecule has 1 fully saturated rings. The van der Waals surface area contributed by atoms with Gasteiger partial charge in [-0.2, -0.15) is 5.10 Å². The van der Waals surface area contributed by atoms with E-state index in [2.05, 4.69) is 23.7 Å². The Morgan fingerprint density at radius 2 is 2.05 bits per heavy atom. The lowest BCUT2D eigenvalue weighted by atomic mass is 9.96. The predicted molar refractivity (Wildman–Crippen MR) is 161 cm³/mol. The van der Waals surface area contributed by atoms with Crippen LogP contribution in [0.15, 0.2) is 52.7 Å². The van der Waals surface area contributed by atoms with Gasteiger partial charge in [0, 0.05) is 41.5 Å². The lowest BCUT2D eigenvalue weighted by molar-refractivity contribution is 0.0691. The number of hydrogen-bond donors (Lipinski definition) is 2. The minimum Gasteiger partial charge on any atom is -0.476 e. The largest absolute Gasteiger partial charge is 0.476 e. The van der Waals surface area contributed by atoms with Gasteiger partial charge in [0.2, 0.25) is 15.2 Å². The van der Waals surface area contributed by atoms with Crippen molar-refractivity contribution < 1.29 is 27.4 Å². The maximum Gasteiger partial charge on any atom is 0.355 e. The fourth-order valence-electron chi connectivity index (χ4n) is 4.69. The molecule has 9 nitrogen and oxygen atoms in total. The zero-order valence-electron chi connectivity index (χ0n) is 23.5. The van der Waals surface area contributed by atoms with Gasteiger partial charge < -0.3 is 9.84 Å². The van der Waals surface area contributed by atoms with Crippen LogP contribution < -0.4 is 5.14 Å². The molecule has 0 spiro atoms. The first-order valence-electron chi connectivity index (χ1n) is 13.9. The molecule has 2 heterocycles. The van der Waals surface area contributed by atoms with E-state index in [0.29, 0.717) is 48.4 Å². The molecule has 5 rings (SSSR count). The number of ether oxygens (including phenoxy) is 1. The van der Waals surface area contributed by atoms with Gasteiger partial charge in [0.25, 0.3) is 0 Å². The Kier molecular flexibility index (Phi) is 9.37. The fraction of sp³-hybridized carbons (Fsp3) is 0.323. The standard InChI is InChI=1S/C31H31FN4O5S2/c1-2-13-41-14-4-3-6-20-7-5-8-23(15-20)29-24(16-22-11-12-28(25(32)17-22)43(33,39)40)27(18-21-9-10-21)36(35-29)31-34-26(19-42-31)30(37)38/h5,7-8,11-12,15,17,19,21H,2,4,9-10,13-14,16,18H2,1H3,(H,37,38)(H2,33,39,40). The number of halogens is 1. The molecular weight excluding hydrogens is 591 g/mol. The molecule has 1 aliphatic rings. The van der Waals surface area contributed by atoms with Crippen molar-refractivity contribution in [1.29, 1.82) is 0 Å². The fourth-order valence-corrected chi connectivity index (χ4v) is 6.05. The van der Waals surface area contributed by atoms with Gasteiger partial charge in [0.15, 0.2) is 5.69 Å². The van der Waals surface area contributed by atoms with Crippen LogP contribution in [-0.4, -0.2) is 47.5 Å². The first-order chi connectivity index (χ1) is 20.6. The van der Waals surface area contributed by atoms with E-state index in [1.165, 1.54) is 28.8 Å². The van der Waals surface area contributed by atoms with Crippen molar-refractivity contribution in [3.05, 3.63) is 81.7 Å². The van der Waals surface area contributed by atoms with E-state index in [9.17, 15) is 22.7 Å². The summed E-state index contributed by atoms with van der Waals surface area (Å²) in [7, 11) is -4.21. The lowest BCUT2D eigenvalue weighted by Gasteiger charge is -2.10. The van der Waals surface area contributed by atoms with E-state index in [-0.39, 0.29) is 12.1 Å². The van der Waals surface area contributed by atoms with Gasteiger partial charge in [-0.15, -0.1) is 11.3 Å². The van der Waals surface area contributed by atoms with Crippen LogP contribution in [0.2, 0.25) is 0 Å². The molecule has 0 atom stereocenters. The zero-order valence-corrected chi connectivity index (χ0v) is 25.2. The Labute approximate surface area is 253 Å². The average molecular weight is 623 g/mol. The summed E-state index contributed by atoms with van der Waals surface area (Å²) in [4.78, 5) is 15.3. The summed E-state index contributed by atoms with van der Waals surface area (Å²) in [6, 6.07) is 11.5. The van der Waals surface area contributed by atoms with Crippen molar-refractivity contribution >= 4 is 27.3 Å². The molecule has 3 N–H and O–H groups in total. The van der Waals surface area contributed by atoms with E-state index in [1.807, 2.05) is 24.3 Å². The summed E-state index contributed by atoms with van der Waals surface area (Å²) in [6.07, 6.45) is 4.60. The normalized spacial score (nSPS) is 13.1. The monoisotopic (exact) mass is 622 g/mol. The van der Waals surface area contributed by atoms with Gasteiger partial charge >= 0.3 is 5.97 Å². The Morgan fingerprint density at radius 3 is 2.72 bits per heavy atom. The highest BCUT2D eigenvalue weighted by Crippen LogP contribution is 2.38. The number of primary sulfonamides is 1. The third-order valence-electron chi connectivity index (χ3n) is 6.93. The summed E-state index contributed by atoms with van der Waals surface area (Å²) in [5.74, 6) is 4.71. The average Bonchev–Trinajstić information content (AvgIpc) is 3.52. The maximum absolute atomic E-state index is 14.8. The molecule has 1 aliphatic carbocycles. The number of rotatable bonds is 12. The zero-order chi connectivity index (χ0) is 30.6. The molecule has 224 valence electrons. The number of aromatic nitrogens is 3. The van der Waals surface area contributed by atoms with Crippen LogP contribution in [0.3, 0.4) is 0 Å². The summed E-state index contributed by atoms with van der Waals surface area (Å²) in [5.41, 5.74) is 4.35. The van der Waals surface area contributed by atoms with E-state index in [0.717, 1.165) is 41.6 Å². The second kappa shape index (κ2) is 13.2. The number of aromatic carboxylic acids is 1. The molecule has 2 aromatic heterocycles. The number of carboxylic acid groups (broad SMARTS) is 1. The highest BCUT2D eigenvalue weighted by atomic mass is 32.2. The van der Waals surface area contributed by atoms with Crippen molar-refractivity contribution in [2.75, 3.05) is 13.2 Å². The number of nitrogens with two attached hydrogens (primary N) is 1. The molecule has 2 aromatic carbocycles. The van der Waals surface area contributed by atoms with Crippen LogP contribution in [0.1, 0.15) is 65.5 Å². The quantitative estimate of drug-likeness (QED) is 0.164. The number of nitrogens with zero attached hydrogens (tertiary/aromatic N) is 3. The summed E-state index contributed by atoms with van der Waals surface area (Å²) in [6.45, 7) is 3.32. The van der Waals surface area contributed by atoms with Crippen LogP contribution in [0.25, 0.3) is 16.4 Å². The van der Waals surface area contributed by atoms with Crippen molar-refractivity contribution in [3.63, 3.8) is 0 Å². The number of thiazole rings is 1. The van der Waals surface area contributed by atoms with Crippen LogP contribution in [0, 0.1) is 23.6 Å². The molecule has 43 heavy (non-hydrogen) atoms. The second-order valence-corrected chi connectivity index (χ2v) is 12.8. The molecule has 0 unspecified atom stereocenters. The summed E-state index contributed by atoms with van der Waals surface area (Å²) >= 11 is 1.18. The molecule has 0 radical (unpaired) electrons. The minimum atomic E-state index is -4.21. The third kappa shape index (κ3) is 7.55. The minimum absolute atomic E-state index is 0.0724. The first-order valence-corrected chi connectivity index (χ1v) is 16.3. The van der Waals surface area contributed by atoms with Gasteiger partial charge in [-0.3, -0.25) is 0 Å². The van der Waals surface area contributed by atoms with Crippen molar-refractivity contribution in [1.82, 2.24) is 14.8 Å². The van der Waals surface area contributed by atoms with Crippen LogP contribution in [0.4, 0.5) is 4.39 Å². The van der Waals surface area contributed by atoms with E-state index in [1.54, 1.807) is 10.7 Å². The molecule has 0 saturated heterocycles. The van der Waals surface area contributed by atoms with E-state index >= 15 is 0 Å². The highest BCUT2D eigenvalue weighted by molar-refractivity contribution is 7.89. The number of hydrogen-bond acceptors (Lipinski definition) is 7. The molecule has 4 aromatic rings. The van der Waals surface area contributed by atoms with Crippen molar-refractivity contribution in [2.24, 2.45) is 11.1 Å². The first kappa shape index (κ1) is 30.6. The molecule has 12 heteroatoms. The molecule has 0 bridgehead atoms. The topological polar surface area (TPSA) is 137 Å². The second-order valence-electron chi connectivity index (χ2n) is 10.4. The maximum atomic E-state index is 14.8. The van der Waals surface area contributed by atoms with Gasteiger partial charge in [0.05, 0.1) is 18.0 Å². The third-order valence-corrected chi connectivity index (χ3v) is 8.69. The van der Waals surface area contributed by atoms with Gasteiger partial charge in [-0.25, -0.2) is 32.4 Å². The molecular formula is C31H31FN4O5S2. The van der Waals surface area contributed by atoms with Gasteiger partial charge in [-0.1, -0.05) is 37.0 Å². The molecule has 0 amide bonds. The predicted octanol–water partition coefficient (Wildman–Crippen LogP) is 5.19. The highest BCUT2D eigenvalue weighted by Gasteiger charge is 2.29. The number of carbonyl (C=O) groups is 1. The Balaban J connectivity index is 1.59. The summed E-state index contributed by atoms with van der Waals surface area (Å²) < 4.78 is 45.6. The number of sulfonamides is 1. The molecule has 1 saturated carbocycles. The molecule has 0 aliphatic heterocycles. The summed E-state index contributed by atoms with van der Waals surface area (Å²) in [5, 5.41) is 21.5. The van der Waals surface area contributed by atoms with Gasteiger partial charge in [0.1, 0.15) is 10.7 Å². The number of benzene rings is 2. The smallest absolute Gasteiger partial charge is 0.355 e.